The predicted molar refractivity (Wildman–Crippen MR) is 54.2 cm³/mol. The van der Waals surface area contributed by atoms with E-state index in [1.54, 1.807) is 12.1 Å². The van der Waals surface area contributed by atoms with Crippen molar-refractivity contribution < 1.29 is 26.5 Å². The summed E-state index contributed by atoms with van der Waals surface area (Å²) >= 11 is -1.14. The number of fused-ring (bicyclic) bond motifs is 1. The summed E-state index contributed by atoms with van der Waals surface area (Å²) in [6.45, 7) is 0. The van der Waals surface area contributed by atoms with Gasteiger partial charge in [0, 0.05) is 11.5 Å². The standard InChI is InChI=1S/C9H6O2.2ClH.Hg/c10-9-6-5-7-3-1-2-4-8(7)11-9;;;/h1-6H;2*1H;/q;;;+2/p-2. The van der Waals surface area contributed by atoms with Crippen LogP contribution in [0.5, 0.6) is 0 Å². The van der Waals surface area contributed by atoms with Gasteiger partial charge < -0.3 is 4.42 Å². The van der Waals surface area contributed by atoms with Crippen LogP contribution in [0.15, 0.2) is 45.6 Å². The van der Waals surface area contributed by atoms with Crippen LogP contribution in [-0.4, -0.2) is 0 Å². The molecule has 0 saturated heterocycles. The Morgan fingerprint density at radius 3 is 2.43 bits per heavy atom. The Bertz CT molecular complexity index is 456. The fourth-order valence-corrected chi connectivity index (χ4v) is 1.01. The molecule has 0 atom stereocenters. The van der Waals surface area contributed by atoms with Crippen LogP contribution in [0.4, 0.5) is 0 Å². The Hall–Kier alpha value is -0.0549. The average Bonchev–Trinajstić information content (AvgIpc) is 2.19. The molecule has 0 spiro atoms. The Morgan fingerprint density at radius 1 is 1.07 bits per heavy atom. The molecule has 0 aliphatic rings. The zero-order valence-electron chi connectivity index (χ0n) is 7.24. The van der Waals surface area contributed by atoms with E-state index in [-0.39, 0.29) is 5.63 Å². The monoisotopic (exact) mass is 418 g/mol. The van der Waals surface area contributed by atoms with Gasteiger partial charge in [-0.25, -0.2) is 4.79 Å². The van der Waals surface area contributed by atoms with Crippen molar-refractivity contribution in [2.75, 3.05) is 0 Å². The molecule has 0 fully saturated rings. The van der Waals surface area contributed by atoms with Gasteiger partial charge in [-0.15, -0.1) is 0 Å². The van der Waals surface area contributed by atoms with Crippen LogP contribution in [0.3, 0.4) is 0 Å². The van der Waals surface area contributed by atoms with Crippen LogP contribution in [0.2, 0.25) is 0 Å². The van der Waals surface area contributed by atoms with Crippen molar-refractivity contribution in [3.63, 3.8) is 0 Å². The van der Waals surface area contributed by atoms with Crippen molar-refractivity contribution in [2.24, 2.45) is 0 Å². The fourth-order valence-electron chi connectivity index (χ4n) is 1.01. The Balaban J connectivity index is 0.000000293. The van der Waals surface area contributed by atoms with Gasteiger partial charge in [-0.3, -0.25) is 0 Å². The Morgan fingerprint density at radius 2 is 1.71 bits per heavy atom. The third kappa shape index (κ3) is 3.60. The SMILES string of the molecule is O=c1ccc2ccccc2o1.[Cl][Hg][Cl]. The van der Waals surface area contributed by atoms with Gasteiger partial charge in [-0.05, 0) is 12.1 Å². The molecule has 0 amide bonds. The third-order valence-electron chi connectivity index (χ3n) is 1.53. The van der Waals surface area contributed by atoms with Gasteiger partial charge in [0.05, 0.1) is 0 Å². The van der Waals surface area contributed by atoms with E-state index in [0.717, 1.165) is 5.39 Å². The van der Waals surface area contributed by atoms with Crippen molar-refractivity contribution in [3.8, 4) is 0 Å². The van der Waals surface area contributed by atoms with Crippen LogP contribution in [0, 0.1) is 0 Å². The number of rotatable bonds is 0. The van der Waals surface area contributed by atoms with Crippen LogP contribution < -0.4 is 5.63 Å². The quantitative estimate of drug-likeness (QED) is 0.487. The van der Waals surface area contributed by atoms with E-state index >= 15 is 0 Å². The number of hydrogen-bond acceptors (Lipinski definition) is 2. The molecule has 2 rings (SSSR count). The molecule has 2 aromatic rings. The minimum atomic E-state index is -1.14. The second kappa shape index (κ2) is 6.43. The zero-order valence-corrected chi connectivity index (χ0v) is 14.3. The molecular weight excluding hydrogens is 412 g/mol. The van der Waals surface area contributed by atoms with Gasteiger partial charge in [0.25, 0.3) is 0 Å². The first kappa shape index (κ1) is 12.0. The van der Waals surface area contributed by atoms with Crippen LogP contribution >= 0.6 is 16.5 Å². The normalized spacial score (nSPS) is 8.71. The maximum absolute atomic E-state index is 10.7. The Kier molecular flexibility index (Phi) is 5.52. The zero-order chi connectivity index (χ0) is 10.4. The van der Waals surface area contributed by atoms with E-state index in [1.165, 1.54) is 6.07 Å². The first-order chi connectivity index (χ1) is 6.77. The second-order valence-corrected chi connectivity index (χ2v) is 10.3. The molecule has 0 saturated carbocycles. The molecule has 70 valence electrons. The molecule has 0 unspecified atom stereocenters. The van der Waals surface area contributed by atoms with Crippen molar-refractivity contribution in [1.82, 2.24) is 0 Å². The van der Waals surface area contributed by atoms with E-state index in [2.05, 4.69) is 0 Å². The van der Waals surface area contributed by atoms with E-state index in [0.29, 0.717) is 5.58 Å². The number of hydrogen-bond donors (Lipinski definition) is 0. The van der Waals surface area contributed by atoms with Gasteiger partial charge in [0.1, 0.15) is 5.58 Å². The van der Waals surface area contributed by atoms with E-state index in [9.17, 15) is 4.79 Å². The molecule has 1 aromatic heterocycles. The summed E-state index contributed by atoms with van der Waals surface area (Å²) in [6.07, 6.45) is 0. The van der Waals surface area contributed by atoms with Crippen molar-refractivity contribution in [3.05, 3.63) is 46.8 Å². The summed E-state index contributed by atoms with van der Waals surface area (Å²) in [5, 5.41) is 0.951. The molecule has 0 radical (unpaired) electrons. The van der Waals surface area contributed by atoms with E-state index < -0.39 is 22.1 Å². The summed E-state index contributed by atoms with van der Waals surface area (Å²) in [4.78, 5) is 10.7. The molecule has 0 bridgehead atoms. The van der Waals surface area contributed by atoms with Crippen LogP contribution in [-0.2, 0) is 22.1 Å². The molecular formula is C9H6Cl2HgO2. The van der Waals surface area contributed by atoms with E-state index in [4.69, 9.17) is 20.9 Å². The predicted octanol–water partition coefficient (Wildman–Crippen LogP) is 3.17. The molecule has 0 N–H and O–H groups in total. The molecule has 1 aromatic carbocycles. The first-order valence-electron chi connectivity index (χ1n) is 3.88. The van der Waals surface area contributed by atoms with Gasteiger partial charge in [0.2, 0.25) is 0 Å². The maximum atomic E-state index is 10.7. The summed E-state index contributed by atoms with van der Waals surface area (Å²) in [5.41, 5.74) is 0.337. The molecule has 0 aliphatic carbocycles. The van der Waals surface area contributed by atoms with Gasteiger partial charge in [0.15, 0.2) is 0 Å². The van der Waals surface area contributed by atoms with Gasteiger partial charge >= 0.3 is 44.2 Å². The molecule has 0 aliphatic heterocycles. The van der Waals surface area contributed by atoms with Crippen molar-refractivity contribution in [1.29, 1.82) is 0 Å². The minimum absolute atomic E-state index is 0.302. The molecule has 2 nitrogen and oxygen atoms in total. The van der Waals surface area contributed by atoms with Crippen LogP contribution in [0.1, 0.15) is 0 Å². The second-order valence-electron chi connectivity index (χ2n) is 2.39. The van der Waals surface area contributed by atoms with Crippen molar-refractivity contribution in [2.45, 2.75) is 0 Å². The number of benzene rings is 1. The average molecular weight is 418 g/mol. The molecule has 5 heteroatoms. The number of para-hydroxylation sites is 1. The Labute approximate surface area is 100 Å². The third-order valence-corrected chi connectivity index (χ3v) is 1.53. The summed E-state index contributed by atoms with van der Waals surface area (Å²) in [7, 11) is 9.97. The van der Waals surface area contributed by atoms with Crippen molar-refractivity contribution >= 4 is 27.5 Å². The van der Waals surface area contributed by atoms with Gasteiger partial charge in [-0.1, -0.05) is 18.2 Å². The van der Waals surface area contributed by atoms with E-state index in [1.807, 2.05) is 18.2 Å². The molecule has 1 heterocycles. The summed E-state index contributed by atoms with van der Waals surface area (Å²) in [6, 6.07) is 10.6. The number of halogens is 2. The summed E-state index contributed by atoms with van der Waals surface area (Å²) in [5.74, 6) is 0. The first-order valence-corrected chi connectivity index (χ1v) is 17.4. The molecule has 14 heavy (non-hydrogen) atoms. The summed E-state index contributed by atoms with van der Waals surface area (Å²) < 4.78 is 4.91. The van der Waals surface area contributed by atoms with Crippen LogP contribution in [0.25, 0.3) is 11.0 Å². The fraction of sp³-hybridized carbons (Fsp3) is 0. The van der Waals surface area contributed by atoms with Gasteiger partial charge in [-0.2, -0.15) is 0 Å². The topological polar surface area (TPSA) is 30.2 Å².